The van der Waals surface area contributed by atoms with Gasteiger partial charge in [0.2, 0.25) is 5.91 Å². The van der Waals surface area contributed by atoms with Crippen LogP contribution in [0.3, 0.4) is 0 Å². The van der Waals surface area contributed by atoms with Crippen LogP contribution in [0.2, 0.25) is 0 Å². The van der Waals surface area contributed by atoms with Crippen molar-refractivity contribution < 1.29 is 22.7 Å². The van der Waals surface area contributed by atoms with Gasteiger partial charge in [0.1, 0.15) is 12.4 Å². The second-order valence-corrected chi connectivity index (χ2v) is 7.15. The molecule has 2 aliphatic heterocycles. The first kappa shape index (κ1) is 18.8. The Bertz CT molecular complexity index is 859. The molecule has 1 atom stereocenters. The van der Waals surface area contributed by atoms with Crippen molar-refractivity contribution in [2.45, 2.75) is 31.6 Å². The van der Waals surface area contributed by atoms with Gasteiger partial charge in [-0.25, -0.2) is 0 Å². The predicted molar refractivity (Wildman–Crippen MR) is 98.8 cm³/mol. The molecule has 1 amide bonds. The number of amides is 1. The highest BCUT2D eigenvalue weighted by atomic mass is 19.4. The molecule has 1 unspecified atom stereocenters. The van der Waals surface area contributed by atoms with Gasteiger partial charge in [-0.15, -0.1) is 0 Å². The second kappa shape index (κ2) is 7.47. The third-order valence-corrected chi connectivity index (χ3v) is 5.26. The lowest BCUT2D eigenvalue weighted by Crippen LogP contribution is -2.44. The fourth-order valence-electron chi connectivity index (χ4n) is 3.73. The maximum atomic E-state index is 12.8. The summed E-state index contributed by atoms with van der Waals surface area (Å²) in [6, 6.07) is 10.5. The van der Waals surface area contributed by atoms with E-state index in [2.05, 4.69) is 5.32 Å². The number of halogens is 3. The average Bonchev–Trinajstić information content (AvgIpc) is 3.13. The van der Waals surface area contributed by atoms with E-state index in [9.17, 15) is 18.0 Å². The van der Waals surface area contributed by atoms with Crippen molar-refractivity contribution in [3.05, 3.63) is 53.6 Å². The molecule has 148 valence electrons. The first-order chi connectivity index (χ1) is 13.4. The van der Waals surface area contributed by atoms with E-state index >= 15 is 0 Å². The van der Waals surface area contributed by atoms with Crippen molar-refractivity contribution in [3.8, 4) is 16.9 Å². The van der Waals surface area contributed by atoms with Crippen LogP contribution in [0.5, 0.6) is 5.75 Å². The SMILES string of the molecule is O=C(C1CCCN1)N1CCOc2ccc(-c3ccc(C(F)(F)F)cc3)cc2C1. The summed E-state index contributed by atoms with van der Waals surface area (Å²) in [4.78, 5) is 14.5. The molecule has 2 aliphatic rings. The van der Waals surface area contributed by atoms with Crippen LogP contribution in [0.15, 0.2) is 42.5 Å². The van der Waals surface area contributed by atoms with Gasteiger partial charge in [0.15, 0.2) is 0 Å². The number of hydrogen-bond acceptors (Lipinski definition) is 3. The minimum absolute atomic E-state index is 0.0777. The van der Waals surface area contributed by atoms with E-state index in [1.807, 2.05) is 18.2 Å². The number of rotatable bonds is 2. The zero-order chi connectivity index (χ0) is 19.7. The number of alkyl halides is 3. The summed E-state index contributed by atoms with van der Waals surface area (Å²) >= 11 is 0. The standard InChI is InChI=1S/C21H21F3N2O2/c22-21(23,24)17-6-3-14(4-7-17)15-5-8-19-16(12-15)13-26(10-11-28-19)20(27)18-2-1-9-25-18/h3-8,12,18,25H,1-2,9-11,13H2. The van der Waals surface area contributed by atoms with Crippen LogP contribution in [0.25, 0.3) is 11.1 Å². The zero-order valence-electron chi connectivity index (χ0n) is 15.3. The number of nitrogens with zero attached hydrogens (tertiary/aromatic N) is 1. The molecule has 1 fully saturated rings. The molecule has 0 aliphatic carbocycles. The molecule has 1 N–H and O–H groups in total. The minimum atomic E-state index is -4.35. The molecule has 2 aromatic carbocycles. The van der Waals surface area contributed by atoms with Crippen LogP contribution in [-0.2, 0) is 17.5 Å². The molecular weight excluding hydrogens is 369 g/mol. The average molecular weight is 390 g/mol. The third-order valence-electron chi connectivity index (χ3n) is 5.26. The Morgan fingerprint density at radius 3 is 2.54 bits per heavy atom. The Morgan fingerprint density at radius 1 is 1.11 bits per heavy atom. The summed E-state index contributed by atoms with van der Waals surface area (Å²) in [5.41, 5.74) is 1.68. The predicted octanol–water partition coefficient (Wildman–Crippen LogP) is 3.85. The van der Waals surface area contributed by atoms with Gasteiger partial charge in [-0.1, -0.05) is 18.2 Å². The first-order valence-electron chi connectivity index (χ1n) is 9.37. The van der Waals surface area contributed by atoms with Crippen LogP contribution in [0.1, 0.15) is 24.0 Å². The molecule has 0 spiro atoms. The van der Waals surface area contributed by atoms with Crippen LogP contribution >= 0.6 is 0 Å². The Balaban J connectivity index is 1.58. The highest BCUT2D eigenvalue weighted by molar-refractivity contribution is 5.82. The van der Waals surface area contributed by atoms with Crippen molar-refractivity contribution in [1.82, 2.24) is 10.2 Å². The summed E-state index contributed by atoms with van der Waals surface area (Å²) in [7, 11) is 0. The van der Waals surface area contributed by atoms with E-state index in [0.717, 1.165) is 42.6 Å². The third kappa shape index (κ3) is 3.85. The summed E-state index contributed by atoms with van der Waals surface area (Å²) in [6.07, 6.45) is -2.51. The summed E-state index contributed by atoms with van der Waals surface area (Å²) in [5, 5.41) is 3.23. The number of hydrogen-bond donors (Lipinski definition) is 1. The molecule has 0 saturated carbocycles. The molecule has 7 heteroatoms. The zero-order valence-corrected chi connectivity index (χ0v) is 15.3. The van der Waals surface area contributed by atoms with Crippen LogP contribution < -0.4 is 10.1 Å². The van der Waals surface area contributed by atoms with E-state index in [1.54, 1.807) is 4.90 Å². The van der Waals surface area contributed by atoms with E-state index in [4.69, 9.17) is 4.74 Å². The van der Waals surface area contributed by atoms with Gasteiger partial charge in [-0.2, -0.15) is 13.2 Å². The Hall–Kier alpha value is -2.54. The number of carbonyl (C=O) groups excluding carboxylic acids is 1. The number of carbonyl (C=O) groups is 1. The van der Waals surface area contributed by atoms with Gasteiger partial charge in [0.25, 0.3) is 0 Å². The molecule has 4 rings (SSSR count). The van der Waals surface area contributed by atoms with Gasteiger partial charge in [0.05, 0.1) is 18.2 Å². The number of ether oxygens (including phenoxy) is 1. The van der Waals surface area contributed by atoms with Gasteiger partial charge in [-0.3, -0.25) is 4.79 Å². The maximum absolute atomic E-state index is 12.8. The quantitative estimate of drug-likeness (QED) is 0.847. The van der Waals surface area contributed by atoms with Crippen LogP contribution in [0.4, 0.5) is 13.2 Å². The van der Waals surface area contributed by atoms with E-state index in [0.29, 0.717) is 31.0 Å². The fraction of sp³-hybridized carbons (Fsp3) is 0.381. The molecule has 0 radical (unpaired) electrons. The number of nitrogens with one attached hydrogen (secondary N) is 1. The topological polar surface area (TPSA) is 41.6 Å². The molecule has 28 heavy (non-hydrogen) atoms. The largest absolute Gasteiger partial charge is 0.491 e. The van der Waals surface area contributed by atoms with E-state index in [1.165, 1.54) is 12.1 Å². The van der Waals surface area contributed by atoms with E-state index < -0.39 is 11.7 Å². The molecule has 2 aromatic rings. The number of fused-ring (bicyclic) bond motifs is 1. The van der Waals surface area contributed by atoms with Crippen LogP contribution in [-0.4, -0.2) is 36.5 Å². The second-order valence-electron chi connectivity index (χ2n) is 7.15. The molecule has 4 nitrogen and oxygen atoms in total. The molecule has 0 aromatic heterocycles. The van der Waals surface area contributed by atoms with Gasteiger partial charge in [-0.05, 0) is 54.8 Å². The number of benzene rings is 2. The Kier molecular flexibility index (Phi) is 5.02. The normalized spacial score (nSPS) is 19.7. The van der Waals surface area contributed by atoms with Gasteiger partial charge in [0, 0.05) is 12.1 Å². The molecular formula is C21H21F3N2O2. The van der Waals surface area contributed by atoms with Crippen molar-refractivity contribution in [3.63, 3.8) is 0 Å². The lowest BCUT2D eigenvalue weighted by atomic mass is 10.0. The van der Waals surface area contributed by atoms with Gasteiger partial charge < -0.3 is 15.0 Å². The lowest BCUT2D eigenvalue weighted by Gasteiger charge is -2.23. The van der Waals surface area contributed by atoms with Crippen LogP contribution in [0, 0.1) is 0 Å². The maximum Gasteiger partial charge on any atom is 0.416 e. The highest BCUT2D eigenvalue weighted by Crippen LogP contribution is 2.33. The van der Waals surface area contributed by atoms with Crippen molar-refractivity contribution >= 4 is 5.91 Å². The Morgan fingerprint density at radius 2 is 1.86 bits per heavy atom. The van der Waals surface area contributed by atoms with Crippen molar-refractivity contribution in [2.24, 2.45) is 0 Å². The summed E-state index contributed by atoms with van der Waals surface area (Å²) in [5.74, 6) is 0.791. The lowest BCUT2D eigenvalue weighted by molar-refractivity contribution is -0.137. The van der Waals surface area contributed by atoms with E-state index in [-0.39, 0.29) is 11.9 Å². The molecule has 2 heterocycles. The van der Waals surface area contributed by atoms with Crippen molar-refractivity contribution in [2.75, 3.05) is 19.7 Å². The first-order valence-corrected chi connectivity index (χ1v) is 9.37. The molecule has 1 saturated heterocycles. The highest BCUT2D eigenvalue weighted by Gasteiger charge is 2.30. The smallest absolute Gasteiger partial charge is 0.416 e. The monoisotopic (exact) mass is 390 g/mol. The minimum Gasteiger partial charge on any atom is -0.491 e. The Labute approximate surface area is 161 Å². The molecule has 0 bridgehead atoms. The van der Waals surface area contributed by atoms with Gasteiger partial charge >= 0.3 is 6.18 Å². The summed E-state index contributed by atoms with van der Waals surface area (Å²) < 4.78 is 44.1. The fourth-order valence-corrected chi connectivity index (χ4v) is 3.73. The van der Waals surface area contributed by atoms with Crippen molar-refractivity contribution in [1.29, 1.82) is 0 Å². The summed E-state index contributed by atoms with van der Waals surface area (Å²) in [6.45, 7) is 2.22.